The van der Waals surface area contributed by atoms with E-state index < -0.39 is 0 Å². The van der Waals surface area contributed by atoms with Crippen LogP contribution in [0, 0.1) is 0 Å². The van der Waals surface area contributed by atoms with Crippen LogP contribution in [0.25, 0.3) is 0 Å². The van der Waals surface area contributed by atoms with Crippen molar-refractivity contribution >= 4 is 0 Å². The third kappa shape index (κ3) is 2.69. The van der Waals surface area contributed by atoms with Crippen LogP contribution in [0.4, 0.5) is 0 Å². The van der Waals surface area contributed by atoms with E-state index >= 15 is 0 Å². The van der Waals surface area contributed by atoms with E-state index in [0.29, 0.717) is 18.8 Å². The maximum absolute atomic E-state index is 5.78. The second kappa shape index (κ2) is 5.10. The summed E-state index contributed by atoms with van der Waals surface area (Å²) < 4.78 is 5.78. The predicted octanol–water partition coefficient (Wildman–Crippen LogP) is 1.02. The molecule has 1 aliphatic heterocycles. The third-order valence-electron chi connectivity index (χ3n) is 3.45. The zero-order chi connectivity index (χ0) is 9.80. The molecule has 0 spiro atoms. The molecule has 14 heavy (non-hydrogen) atoms. The highest BCUT2D eigenvalue weighted by Crippen LogP contribution is 2.20. The molecule has 1 saturated heterocycles. The van der Waals surface area contributed by atoms with E-state index in [0.717, 1.165) is 19.0 Å². The molecule has 2 fully saturated rings. The van der Waals surface area contributed by atoms with Crippen LogP contribution in [0.3, 0.4) is 0 Å². The van der Waals surface area contributed by atoms with Gasteiger partial charge in [-0.1, -0.05) is 12.8 Å². The molecule has 2 atom stereocenters. The molecule has 0 aromatic heterocycles. The first-order chi connectivity index (χ1) is 6.88. The molecule has 0 amide bonds. The fourth-order valence-corrected chi connectivity index (χ4v) is 2.53. The van der Waals surface area contributed by atoms with Gasteiger partial charge in [0.15, 0.2) is 0 Å². The highest BCUT2D eigenvalue weighted by Gasteiger charge is 2.25. The molecule has 1 aliphatic carbocycles. The summed E-state index contributed by atoms with van der Waals surface area (Å²) in [6.45, 7) is 1.71. The van der Waals surface area contributed by atoms with Crippen molar-refractivity contribution in [1.29, 1.82) is 0 Å². The average Bonchev–Trinajstić information content (AvgIpc) is 2.86. The lowest BCUT2D eigenvalue weighted by molar-refractivity contribution is 0.0490. The van der Waals surface area contributed by atoms with Crippen molar-refractivity contribution in [2.45, 2.75) is 56.8 Å². The van der Waals surface area contributed by atoms with Gasteiger partial charge in [-0.05, 0) is 25.7 Å². The van der Waals surface area contributed by atoms with Gasteiger partial charge in [0, 0.05) is 19.1 Å². The minimum Gasteiger partial charge on any atom is -0.372 e. The number of hydrogen-bond acceptors (Lipinski definition) is 3. The Hall–Kier alpha value is -0.120. The average molecular weight is 198 g/mol. The van der Waals surface area contributed by atoms with Gasteiger partial charge < -0.3 is 15.8 Å². The molecule has 2 rings (SSSR count). The summed E-state index contributed by atoms with van der Waals surface area (Å²) in [4.78, 5) is 0. The SMILES string of the molecule is NCC1CCC(CNC2CCCC2)O1. The van der Waals surface area contributed by atoms with E-state index in [1.165, 1.54) is 32.1 Å². The summed E-state index contributed by atoms with van der Waals surface area (Å²) >= 11 is 0. The van der Waals surface area contributed by atoms with Gasteiger partial charge in [-0.3, -0.25) is 0 Å². The van der Waals surface area contributed by atoms with Crippen LogP contribution in [0.15, 0.2) is 0 Å². The second-order valence-electron chi connectivity index (χ2n) is 4.58. The normalized spacial score (nSPS) is 34.1. The molecule has 82 valence electrons. The van der Waals surface area contributed by atoms with E-state index in [4.69, 9.17) is 10.5 Å². The van der Waals surface area contributed by atoms with Crippen molar-refractivity contribution in [2.24, 2.45) is 5.73 Å². The Labute approximate surface area is 86.4 Å². The summed E-state index contributed by atoms with van der Waals surface area (Å²) in [6.07, 6.45) is 8.58. The lowest BCUT2D eigenvalue weighted by Gasteiger charge is -2.16. The zero-order valence-corrected chi connectivity index (χ0v) is 8.87. The van der Waals surface area contributed by atoms with Crippen molar-refractivity contribution in [3.63, 3.8) is 0 Å². The first-order valence-corrected chi connectivity index (χ1v) is 5.97. The number of rotatable bonds is 4. The molecule has 2 unspecified atom stereocenters. The molecule has 3 nitrogen and oxygen atoms in total. The quantitative estimate of drug-likeness (QED) is 0.709. The van der Waals surface area contributed by atoms with Gasteiger partial charge in [-0.2, -0.15) is 0 Å². The maximum Gasteiger partial charge on any atom is 0.0704 e. The van der Waals surface area contributed by atoms with Crippen LogP contribution >= 0.6 is 0 Å². The summed E-state index contributed by atoms with van der Waals surface area (Å²) in [7, 11) is 0. The van der Waals surface area contributed by atoms with E-state index in [1.54, 1.807) is 0 Å². The Bertz CT molecular complexity index is 169. The van der Waals surface area contributed by atoms with E-state index in [1.807, 2.05) is 0 Å². The molecule has 0 aromatic rings. The van der Waals surface area contributed by atoms with Gasteiger partial charge >= 0.3 is 0 Å². The van der Waals surface area contributed by atoms with Crippen molar-refractivity contribution in [1.82, 2.24) is 5.32 Å². The van der Waals surface area contributed by atoms with Crippen molar-refractivity contribution in [2.75, 3.05) is 13.1 Å². The van der Waals surface area contributed by atoms with Crippen LogP contribution in [-0.2, 0) is 4.74 Å². The Morgan fingerprint density at radius 2 is 1.79 bits per heavy atom. The Morgan fingerprint density at radius 1 is 1.07 bits per heavy atom. The Balaban J connectivity index is 1.61. The second-order valence-corrected chi connectivity index (χ2v) is 4.58. The van der Waals surface area contributed by atoms with E-state index in [9.17, 15) is 0 Å². The topological polar surface area (TPSA) is 47.3 Å². The van der Waals surface area contributed by atoms with E-state index in [2.05, 4.69) is 5.32 Å². The fraction of sp³-hybridized carbons (Fsp3) is 1.00. The summed E-state index contributed by atoms with van der Waals surface area (Å²) in [6, 6.07) is 0.760. The predicted molar refractivity (Wildman–Crippen MR) is 57.2 cm³/mol. The minimum absolute atomic E-state index is 0.324. The van der Waals surface area contributed by atoms with Crippen LogP contribution < -0.4 is 11.1 Å². The Morgan fingerprint density at radius 3 is 2.43 bits per heavy atom. The number of ether oxygens (including phenoxy) is 1. The van der Waals surface area contributed by atoms with Crippen LogP contribution in [0.2, 0.25) is 0 Å². The standard InChI is InChI=1S/C11H22N2O/c12-7-10-5-6-11(14-10)8-13-9-3-1-2-4-9/h9-11,13H,1-8,12H2. The number of hydrogen-bond donors (Lipinski definition) is 2. The van der Waals surface area contributed by atoms with Crippen LogP contribution in [-0.4, -0.2) is 31.3 Å². The zero-order valence-electron chi connectivity index (χ0n) is 8.87. The molecule has 3 heteroatoms. The van der Waals surface area contributed by atoms with Crippen molar-refractivity contribution in [3.05, 3.63) is 0 Å². The molecular formula is C11H22N2O. The number of nitrogens with two attached hydrogens (primary N) is 1. The molecular weight excluding hydrogens is 176 g/mol. The lowest BCUT2D eigenvalue weighted by Crippen LogP contribution is -2.34. The molecule has 1 heterocycles. The Kier molecular flexibility index (Phi) is 3.79. The first-order valence-electron chi connectivity index (χ1n) is 5.97. The third-order valence-corrected chi connectivity index (χ3v) is 3.45. The maximum atomic E-state index is 5.78. The smallest absolute Gasteiger partial charge is 0.0704 e. The van der Waals surface area contributed by atoms with Gasteiger partial charge in [-0.15, -0.1) is 0 Å². The molecule has 0 aromatic carbocycles. The number of nitrogens with one attached hydrogen (secondary N) is 1. The first kappa shape index (κ1) is 10.4. The van der Waals surface area contributed by atoms with Crippen LogP contribution in [0.1, 0.15) is 38.5 Å². The minimum atomic E-state index is 0.324. The highest BCUT2D eigenvalue weighted by atomic mass is 16.5. The van der Waals surface area contributed by atoms with E-state index in [-0.39, 0.29) is 0 Å². The van der Waals surface area contributed by atoms with Gasteiger partial charge in [-0.25, -0.2) is 0 Å². The summed E-state index contributed by atoms with van der Waals surface area (Å²) in [5.74, 6) is 0. The molecule has 0 bridgehead atoms. The largest absolute Gasteiger partial charge is 0.372 e. The summed E-state index contributed by atoms with van der Waals surface area (Å²) in [5.41, 5.74) is 5.57. The van der Waals surface area contributed by atoms with Crippen molar-refractivity contribution in [3.8, 4) is 0 Å². The monoisotopic (exact) mass is 198 g/mol. The highest BCUT2D eigenvalue weighted by molar-refractivity contribution is 4.79. The van der Waals surface area contributed by atoms with Crippen molar-refractivity contribution < 1.29 is 4.74 Å². The van der Waals surface area contributed by atoms with Gasteiger partial charge in [0.1, 0.15) is 0 Å². The van der Waals surface area contributed by atoms with Gasteiger partial charge in [0.2, 0.25) is 0 Å². The lowest BCUT2D eigenvalue weighted by atomic mass is 10.2. The fourth-order valence-electron chi connectivity index (χ4n) is 2.53. The van der Waals surface area contributed by atoms with Crippen LogP contribution in [0.5, 0.6) is 0 Å². The molecule has 1 saturated carbocycles. The molecule has 2 aliphatic rings. The molecule has 3 N–H and O–H groups in total. The van der Waals surface area contributed by atoms with Gasteiger partial charge in [0.05, 0.1) is 12.2 Å². The molecule has 0 radical (unpaired) electrons. The van der Waals surface area contributed by atoms with Gasteiger partial charge in [0.25, 0.3) is 0 Å². The summed E-state index contributed by atoms with van der Waals surface area (Å²) in [5, 5.41) is 3.60.